The second-order valence-electron chi connectivity index (χ2n) is 4.63. The van der Waals surface area contributed by atoms with Crippen molar-refractivity contribution in [3.63, 3.8) is 0 Å². The third-order valence-corrected chi connectivity index (χ3v) is 3.14. The van der Waals surface area contributed by atoms with Gasteiger partial charge in [0.05, 0.1) is 11.0 Å². The van der Waals surface area contributed by atoms with E-state index in [1.54, 1.807) is 23.7 Å². The van der Waals surface area contributed by atoms with Crippen molar-refractivity contribution in [2.24, 2.45) is 0 Å². The number of hydroxylamine groups is 1. The molecule has 0 saturated carbocycles. The number of rotatable bonds is 2. The van der Waals surface area contributed by atoms with Gasteiger partial charge in [-0.05, 0) is 31.2 Å². The van der Waals surface area contributed by atoms with Crippen LogP contribution in [-0.4, -0.2) is 21.1 Å². The van der Waals surface area contributed by atoms with Gasteiger partial charge in [0.15, 0.2) is 0 Å². The predicted octanol–water partition coefficient (Wildman–Crippen LogP) is 2.66. The van der Waals surface area contributed by atoms with Crippen LogP contribution in [0.25, 0.3) is 22.4 Å². The lowest BCUT2D eigenvalue weighted by Gasteiger charge is -1.97. The summed E-state index contributed by atoms with van der Waals surface area (Å²) in [5.74, 6) is 0.212. The molecule has 0 atom stereocenters. The number of aryl methyl sites for hydroxylation is 1. The van der Waals surface area contributed by atoms with E-state index in [0.29, 0.717) is 5.56 Å². The number of aromatic amines is 1. The van der Waals surface area contributed by atoms with Gasteiger partial charge in [0, 0.05) is 11.1 Å². The summed E-state index contributed by atoms with van der Waals surface area (Å²) < 4.78 is 0. The molecule has 100 valence electrons. The monoisotopic (exact) mass is 267 g/mol. The van der Waals surface area contributed by atoms with Gasteiger partial charge < -0.3 is 4.98 Å². The maximum absolute atomic E-state index is 11.4. The predicted molar refractivity (Wildman–Crippen MR) is 75.5 cm³/mol. The Hall–Kier alpha value is -2.66. The summed E-state index contributed by atoms with van der Waals surface area (Å²) in [5.41, 5.74) is 5.67. The first kappa shape index (κ1) is 12.4. The van der Waals surface area contributed by atoms with Crippen molar-refractivity contribution in [1.82, 2.24) is 15.4 Å². The highest BCUT2D eigenvalue weighted by atomic mass is 16.5. The summed E-state index contributed by atoms with van der Waals surface area (Å²) in [7, 11) is 0. The molecule has 5 heteroatoms. The van der Waals surface area contributed by atoms with E-state index in [-0.39, 0.29) is 0 Å². The van der Waals surface area contributed by atoms with Crippen LogP contribution in [0.5, 0.6) is 0 Å². The van der Waals surface area contributed by atoms with Crippen LogP contribution in [0.3, 0.4) is 0 Å². The number of imidazole rings is 1. The summed E-state index contributed by atoms with van der Waals surface area (Å²) in [6.45, 7) is 2.02. The van der Waals surface area contributed by atoms with E-state index in [1.807, 2.05) is 31.2 Å². The molecule has 0 saturated heterocycles. The second kappa shape index (κ2) is 4.79. The summed E-state index contributed by atoms with van der Waals surface area (Å²) >= 11 is 0. The van der Waals surface area contributed by atoms with Crippen molar-refractivity contribution in [3.05, 3.63) is 53.6 Å². The van der Waals surface area contributed by atoms with E-state index in [0.717, 1.165) is 28.0 Å². The first-order valence-corrected chi connectivity index (χ1v) is 6.18. The Kier molecular flexibility index (Phi) is 2.96. The van der Waals surface area contributed by atoms with Crippen LogP contribution in [0.4, 0.5) is 0 Å². The van der Waals surface area contributed by atoms with Crippen molar-refractivity contribution in [1.29, 1.82) is 0 Å². The molecule has 0 unspecified atom stereocenters. The molecule has 1 amide bonds. The number of nitrogens with zero attached hydrogens (tertiary/aromatic N) is 1. The van der Waals surface area contributed by atoms with Gasteiger partial charge in [0.1, 0.15) is 5.82 Å². The Balaban J connectivity index is 2.09. The molecule has 0 spiro atoms. The molecule has 0 aliphatic heterocycles. The van der Waals surface area contributed by atoms with Crippen molar-refractivity contribution in [2.45, 2.75) is 6.92 Å². The Morgan fingerprint density at radius 2 is 2.10 bits per heavy atom. The zero-order valence-electron chi connectivity index (χ0n) is 10.8. The van der Waals surface area contributed by atoms with E-state index < -0.39 is 5.91 Å². The quantitative estimate of drug-likeness (QED) is 0.493. The molecule has 2 aromatic carbocycles. The molecule has 3 N–H and O–H groups in total. The largest absolute Gasteiger partial charge is 0.338 e. The van der Waals surface area contributed by atoms with Crippen LogP contribution in [0.2, 0.25) is 0 Å². The third-order valence-electron chi connectivity index (χ3n) is 3.14. The van der Waals surface area contributed by atoms with Crippen LogP contribution >= 0.6 is 0 Å². The van der Waals surface area contributed by atoms with E-state index in [1.165, 1.54) is 0 Å². The molecule has 3 aromatic rings. The van der Waals surface area contributed by atoms with E-state index in [9.17, 15) is 4.79 Å². The first-order chi connectivity index (χ1) is 9.67. The van der Waals surface area contributed by atoms with Gasteiger partial charge in [-0.25, -0.2) is 10.5 Å². The number of carbonyl (C=O) groups is 1. The summed E-state index contributed by atoms with van der Waals surface area (Å²) in [5, 5.41) is 8.65. The Morgan fingerprint density at radius 3 is 2.85 bits per heavy atom. The minimum absolute atomic E-state index is 0.374. The van der Waals surface area contributed by atoms with Crippen molar-refractivity contribution in [3.8, 4) is 11.4 Å². The van der Waals surface area contributed by atoms with E-state index >= 15 is 0 Å². The van der Waals surface area contributed by atoms with Gasteiger partial charge >= 0.3 is 0 Å². The number of amides is 1. The molecule has 5 nitrogen and oxygen atoms in total. The Labute approximate surface area is 115 Å². The smallest absolute Gasteiger partial charge is 0.274 e. The molecular weight excluding hydrogens is 254 g/mol. The molecule has 3 rings (SSSR count). The van der Waals surface area contributed by atoms with Crippen molar-refractivity contribution < 1.29 is 10.0 Å². The molecule has 0 aliphatic carbocycles. The standard InChI is InChI=1S/C15H13N3O2/c1-9-3-2-4-10(7-9)14-16-12-6-5-11(15(19)18-20)8-13(12)17-14/h2-8,20H,1H3,(H,16,17)(H,18,19). The van der Waals surface area contributed by atoms with Crippen molar-refractivity contribution >= 4 is 16.9 Å². The van der Waals surface area contributed by atoms with Crippen molar-refractivity contribution in [2.75, 3.05) is 0 Å². The minimum Gasteiger partial charge on any atom is -0.338 e. The maximum atomic E-state index is 11.4. The number of fused-ring (bicyclic) bond motifs is 1. The fourth-order valence-electron chi connectivity index (χ4n) is 2.14. The van der Waals surface area contributed by atoms with Gasteiger partial charge in [-0.2, -0.15) is 0 Å². The SMILES string of the molecule is Cc1cccc(-c2nc3ccc(C(=O)NO)cc3[nH]2)c1. The molecule has 1 aromatic heterocycles. The number of benzene rings is 2. The van der Waals surface area contributed by atoms with Gasteiger partial charge in [0.25, 0.3) is 5.91 Å². The number of carbonyl (C=O) groups excluding carboxylic acids is 1. The fourth-order valence-corrected chi connectivity index (χ4v) is 2.14. The summed E-state index contributed by atoms with van der Waals surface area (Å²) in [6, 6.07) is 13.0. The van der Waals surface area contributed by atoms with Crippen LogP contribution in [-0.2, 0) is 0 Å². The van der Waals surface area contributed by atoms with Crippen LogP contribution in [0, 0.1) is 6.92 Å². The molecule has 0 radical (unpaired) electrons. The molecule has 20 heavy (non-hydrogen) atoms. The summed E-state index contributed by atoms with van der Waals surface area (Å²) in [6.07, 6.45) is 0. The molecule has 0 fully saturated rings. The maximum Gasteiger partial charge on any atom is 0.274 e. The lowest BCUT2D eigenvalue weighted by atomic mass is 10.1. The normalized spacial score (nSPS) is 10.7. The number of aromatic nitrogens is 2. The highest BCUT2D eigenvalue weighted by Crippen LogP contribution is 2.22. The lowest BCUT2D eigenvalue weighted by Crippen LogP contribution is -2.18. The zero-order valence-corrected chi connectivity index (χ0v) is 10.8. The highest BCUT2D eigenvalue weighted by molar-refractivity contribution is 5.97. The Bertz CT molecular complexity index is 793. The van der Waals surface area contributed by atoms with Gasteiger partial charge in [0.2, 0.25) is 0 Å². The van der Waals surface area contributed by atoms with Gasteiger partial charge in [-0.1, -0.05) is 23.8 Å². The van der Waals surface area contributed by atoms with E-state index in [4.69, 9.17) is 5.21 Å². The molecule has 1 heterocycles. The number of H-pyrrole nitrogens is 1. The lowest BCUT2D eigenvalue weighted by molar-refractivity contribution is 0.0706. The Morgan fingerprint density at radius 1 is 1.25 bits per heavy atom. The average molecular weight is 267 g/mol. The third kappa shape index (κ3) is 2.15. The van der Waals surface area contributed by atoms with Crippen LogP contribution in [0.1, 0.15) is 15.9 Å². The number of hydrogen-bond acceptors (Lipinski definition) is 3. The second-order valence-corrected chi connectivity index (χ2v) is 4.63. The first-order valence-electron chi connectivity index (χ1n) is 6.18. The minimum atomic E-state index is -0.543. The van der Waals surface area contributed by atoms with E-state index in [2.05, 4.69) is 9.97 Å². The molecular formula is C15H13N3O2. The fraction of sp³-hybridized carbons (Fsp3) is 0.0667. The summed E-state index contributed by atoms with van der Waals surface area (Å²) in [4.78, 5) is 19.1. The number of nitrogens with one attached hydrogen (secondary N) is 2. The molecule has 0 aliphatic rings. The highest BCUT2D eigenvalue weighted by Gasteiger charge is 2.09. The molecule has 0 bridgehead atoms. The zero-order chi connectivity index (χ0) is 14.1. The van der Waals surface area contributed by atoms with Gasteiger partial charge in [-0.15, -0.1) is 0 Å². The van der Waals surface area contributed by atoms with Crippen LogP contribution in [0.15, 0.2) is 42.5 Å². The average Bonchev–Trinajstić information content (AvgIpc) is 2.89. The topological polar surface area (TPSA) is 78.0 Å². The van der Waals surface area contributed by atoms with Gasteiger partial charge in [-0.3, -0.25) is 10.0 Å². The number of hydrogen-bond donors (Lipinski definition) is 3. The van der Waals surface area contributed by atoms with Crippen LogP contribution < -0.4 is 5.48 Å².